The van der Waals surface area contributed by atoms with Crippen molar-refractivity contribution in [3.63, 3.8) is 0 Å². The number of carbonyl (C=O) groups excluding carboxylic acids is 2. The number of phenols is 1. The van der Waals surface area contributed by atoms with Gasteiger partial charge in [-0.3, -0.25) is 9.59 Å². The van der Waals surface area contributed by atoms with Gasteiger partial charge in [-0.2, -0.15) is 10.2 Å². The molecule has 4 rings (SSSR count). The van der Waals surface area contributed by atoms with Gasteiger partial charge in [0.2, 0.25) is 0 Å². The fourth-order valence-electron chi connectivity index (χ4n) is 2.78. The number of thioether (sulfide) groups is 1. The number of rotatable bonds is 4. The predicted octanol–water partition coefficient (Wildman–Crippen LogP) is 6.70. The van der Waals surface area contributed by atoms with Gasteiger partial charge in [0.05, 0.1) is 22.0 Å². The third-order valence-electron chi connectivity index (χ3n) is 4.19. The minimum absolute atomic E-state index is 0.0387. The molecule has 2 amide bonds. The van der Waals surface area contributed by atoms with Gasteiger partial charge >= 0.3 is 0 Å². The molecule has 0 unspecified atom stereocenters. The molecule has 1 aliphatic heterocycles. The van der Waals surface area contributed by atoms with Crippen LogP contribution >= 0.6 is 23.4 Å². The molecule has 0 aromatic heterocycles. The zero-order valence-corrected chi connectivity index (χ0v) is 17.0. The van der Waals surface area contributed by atoms with Crippen molar-refractivity contribution in [2.45, 2.75) is 0 Å². The summed E-state index contributed by atoms with van der Waals surface area (Å²) in [6.45, 7) is 0. The smallest absolute Gasteiger partial charge is 0.298 e. The predicted molar refractivity (Wildman–Crippen MR) is 119 cm³/mol. The Morgan fingerprint density at radius 1 is 0.900 bits per heavy atom. The number of para-hydroxylation sites is 1. The van der Waals surface area contributed by atoms with Crippen LogP contribution in [0.4, 0.5) is 21.9 Å². The molecule has 0 spiro atoms. The minimum atomic E-state index is -0.443. The quantitative estimate of drug-likeness (QED) is 0.365. The summed E-state index contributed by atoms with van der Waals surface area (Å²) in [5, 5.41) is 18.6. The molecule has 3 aromatic rings. The fraction of sp³-hybridized carbons (Fsp3) is 0. The van der Waals surface area contributed by atoms with Crippen LogP contribution in [0.1, 0.15) is 5.56 Å². The van der Waals surface area contributed by atoms with Crippen LogP contribution in [-0.2, 0) is 4.79 Å². The lowest BCUT2D eigenvalue weighted by molar-refractivity contribution is -0.113. The van der Waals surface area contributed by atoms with E-state index in [0.29, 0.717) is 27.6 Å². The molecule has 0 aliphatic carbocycles. The van der Waals surface area contributed by atoms with Gasteiger partial charge in [0.1, 0.15) is 5.75 Å². The van der Waals surface area contributed by atoms with E-state index in [0.717, 1.165) is 16.7 Å². The number of amides is 2. The highest BCUT2D eigenvalue weighted by atomic mass is 35.5. The average molecular weight is 436 g/mol. The number of imide groups is 1. The van der Waals surface area contributed by atoms with Crippen molar-refractivity contribution >= 4 is 57.6 Å². The Morgan fingerprint density at radius 2 is 1.63 bits per heavy atom. The van der Waals surface area contributed by atoms with Crippen molar-refractivity contribution in [2.24, 2.45) is 10.2 Å². The van der Waals surface area contributed by atoms with Crippen molar-refractivity contribution in [2.75, 3.05) is 4.90 Å². The van der Waals surface area contributed by atoms with Crippen LogP contribution in [0.3, 0.4) is 0 Å². The van der Waals surface area contributed by atoms with Crippen molar-refractivity contribution in [3.05, 3.63) is 88.3 Å². The number of hydrogen-bond donors (Lipinski definition) is 1. The number of anilines is 1. The minimum Gasteiger partial charge on any atom is -0.507 e. The molecule has 1 saturated heterocycles. The van der Waals surface area contributed by atoms with Crippen molar-refractivity contribution in [1.82, 2.24) is 0 Å². The van der Waals surface area contributed by atoms with Gasteiger partial charge in [-0.05, 0) is 66.4 Å². The second-order valence-electron chi connectivity index (χ2n) is 6.28. The Labute approximate surface area is 181 Å². The van der Waals surface area contributed by atoms with E-state index in [1.54, 1.807) is 66.7 Å². The van der Waals surface area contributed by atoms with Crippen molar-refractivity contribution in [3.8, 4) is 5.75 Å². The molecule has 1 aliphatic rings. The number of aromatic hydroxyl groups is 1. The van der Waals surface area contributed by atoms with E-state index >= 15 is 0 Å². The zero-order chi connectivity index (χ0) is 21.1. The second kappa shape index (κ2) is 8.52. The molecule has 30 heavy (non-hydrogen) atoms. The maximum Gasteiger partial charge on any atom is 0.298 e. The molecule has 6 nitrogen and oxygen atoms in total. The molecule has 0 atom stereocenters. The summed E-state index contributed by atoms with van der Waals surface area (Å²) in [6.07, 6.45) is 1.47. The van der Waals surface area contributed by atoms with E-state index in [-0.39, 0.29) is 10.7 Å². The largest absolute Gasteiger partial charge is 0.507 e. The molecule has 0 bridgehead atoms. The first-order valence-corrected chi connectivity index (χ1v) is 10.0. The van der Waals surface area contributed by atoms with E-state index < -0.39 is 11.1 Å². The second-order valence-corrected chi connectivity index (χ2v) is 7.71. The molecule has 1 heterocycles. The highest BCUT2D eigenvalue weighted by molar-refractivity contribution is 8.19. The van der Waals surface area contributed by atoms with Gasteiger partial charge in [0.15, 0.2) is 0 Å². The monoisotopic (exact) mass is 435 g/mol. The van der Waals surface area contributed by atoms with E-state index in [2.05, 4.69) is 10.2 Å². The van der Waals surface area contributed by atoms with Crippen LogP contribution in [0.15, 0.2) is 87.9 Å². The van der Waals surface area contributed by atoms with Crippen LogP contribution in [0.25, 0.3) is 6.08 Å². The molecule has 0 saturated carbocycles. The van der Waals surface area contributed by atoms with Crippen molar-refractivity contribution < 1.29 is 14.7 Å². The number of phenolic OH excluding ortho intramolecular Hbond substituents is 1. The Hall–Kier alpha value is -3.42. The summed E-state index contributed by atoms with van der Waals surface area (Å²) in [5.74, 6) is -0.482. The average Bonchev–Trinajstić information content (AvgIpc) is 3.02. The molecule has 1 fully saturated rings. The van der Waals surface area contributed by atoms with Crippen molar-refractivity contribution in [1.29, 1.82) is 0 Å². The number of azo groups is 1. The van der Waals surface area contributed by atoms with Crippen LogP contribution in [0, 0.1) is 0 Å². The molecular weight excluding hydrogens is 422 g/mol. The van der Waals surface area contributed by atoms with Gasteiger partial charge in [-0.1, -0.05) is 35.9 Å². The van der Waals surface area contributed by atoms with E-state index in [9.17, 15) is 14.7 Å². The lowest BCUT2D eigenvalue weighted by Crippen LogP contribution is -2.27. The first kappa shape index (κ1) is 19.9. The number of carbonyl (C=O) groups is 2. The van der Waals surface area contributed by atoms with Gasteiger partial charge in [0, 0.05) is 10.6 Å². The van der Waals surface area contributed by atoms with E-state index in [1.807, 2.05) is 0 Å². The number of nitrogens with zero attached hydrogens (tertiary/aromatic N) is 3. The zero-order valence-electron chi connectivity index (χ0n) is 15.4. The Bertz CT molecular complexity index is 1200. The lowest BCUT2D eigenvalue weighted by atomic mass is 10.1. The molecule has 148 valence electrons. The summed E-state index contributed by atoms with van der Waals surface area (Å²) < 4.78 is 0. The summed E-state index contributed by atoms with van der Waals surface area (Å²) in [7, 11) is 0. The summed E-state index contributed by atoms with van der Waals surface area (Å²) in [4.78, 5) is 26.4. The highest BCUT2D eigenvalue weighted by Gasteiger charge is 2.36. The first-order valence-electron chi connectivity index (χ1n) is 8.84. The van der Waals surface area contributed by atoms with Crippen LogP contribution in [-0.4, -0.2) is 16.3 Å². The highest BCUT2D eigenvalue weighted by Crippen LogP contribution is 2.37. The molecule has 3 aromatic carbocycles. The Balaban J connectivity index is 1.61. The lowest BCUT2D eigenvalue weighted by Gasteiger charge is -2.11. The third-order valence-corrected chi connectivity index (χ3v) is 5.30. The maximum absolute atomic E-state index is 12.7. The molecule has 0 radical (unpaired) electrons. The van der Waals surface area contributed by atoms with Gasteiger partial charge < -0.3 is 5.11 Å². The normalized spacial score (nSPS) is 15.5. The first-order chi connectivity index (χ1) is 14.5. The number of benzene rings is 3. The number of hydrogen-bond acceptors (Lipinski definition) is 6. The molecule has 1 N–H and O–H groups in total. The summed E-state index contributed by atoms with van der Waals surface area (Å²) in [5.41, 5.74) is 1.91. The summed E-state index contributed by atoms with van der Waals surface area (Å²) in [6, 6.07) is 20.3. The molecule has 8 heteroatoms. The van der Waals surface area contributed by atoms with Gasteiger partial charge in [0.25, 0.3) is 11.1 Å². The van der Waals surface area contributed by atoms with E-state index in [4.69, 9.17) is 11.6 Å². The third kappa shape index (κ3) is 4.27. The van der Waals surface area contributed by atoms with Crippen LogP contribution in [0.5, 0.6) is 5.75 Å². The van der Waals surface area contributed by atoms with Gasteiger partial charge in [-0.25, -0.2) is 4.90 Å². The Morgan fingerprint density at radius 3 is 2.37 bits per heavy atom. The van der Waals surface area contributed by atoms with Gasteiger partial charge in [-0.15, -0.1) is 0 Å². The van der Waals surface area contributed by atoms with Crippen LogP contribution in [0.2, 0.25) is 5.02 Å². The Kier molecular flexibility index (Phi) is 5.65. The van der Waals surface area contributed by atoms with Crippen LogP contribution < -0.4 is 4.90 Å². The maximum atomic E-state index is 12.7. The summed E-state index contributed by atoms with van der Waals surface area (Å²) >= 11 is 6.76. The number of halogens is 1. The fourth-order valence-corrected chi connectivity index (χ4v) is 3.80. The standard InChI is InChI=1S/C22H14ClN3O3S/c23-15-5-4-6-16(13-15)24-25-17-9-10-19(27)14(11-17)12-20-21(28)26(22(29)30-20)18-7-2-1-3-8-18/h1-13,27H/b20-12-,25-24?. The SMILES string of the molecule is O=C1S/C(=C\c2cc(N=Nc3cccc(Cl)c3)ccc2O)C(=O)N1c1ccccc1. The topological polar surface area (TPSA) is 82.3 Å². The van der Waals surface area contributed by atoms with E-state index in [1.165, 1.54) is 12.1 Å². The molecular formula is C22H14ClN3O3S.